The van der Waals surface area contributed by atoms with Crippen molar-refractivity contribution in [2.24, 2.45) is 5.16 Å². The van der Waals surface area contributed by atoms with Gasteiger partial charge < -0.3 is 17.6 Å². The number of hydrogen-bond acceptors (Lipinski definition) is 2. The highest BCUT2D eigenvalue weighted by Crippen LogP contribution is 2.39. The van der Waals surface area contributed by atoms with Crippen molar-refractivity contribution in [2.45, 2.75) is 39.5 Å². The van der Waals surface area contributed by atoms with Crippen molar-refractivity contribution < 1.29 is 22.2 Å². The molecule has 2 rings (SSSR count). The van der Waals surface area contributed by atoms with Crippen LogP contribution in [0.3, 0.4) is 0 Å². The zero-order valence-corrected chi connectivity index (χ0v) is 12.9. The van der Waals surface area contributed by atoms with Crippen molar-refractivity contribution in [1.29, 1.82) is 0 Å². The van der Waals surface area contributed by atoms with Crippen molar-refractivity contribution in [3.8, 4) is 0 Å². The number of aryl methyl sites for hydroxylation is 1. The van der Waals surface area contributed by atoms with Crippen LogP contribution >= 0.6 is 0 Å². The Bertz CT molecular complexity index is 559. The molecule has 1 aliphatic rings. The second kappa shape index (κ2) is 5.33. The van der Waals surface area contributed by atoms with Gasteiger partial charge in [0.15, 0.2) is 0 Å². The van der Waals surface area contributed by atoms with Gasteiger partial charge >= 0.3 is 0 Å². The molecule has 0 atom stereocenters. The van der Waals surface area contributed by atoms with Crippen molar-refractivity contribution in [3.63, 3.8) is 0 Å². The second-order valence-electron chi connectivity index (χ2n) is 5.42. The molecule has 1 heterocycles. The van der Waals surface area contributed by atoms with Crippen LogP contribution in [0.25, 0.3) is 0 Å². The Balaban J connectivity index is 0.00000180. The largest absolute Gasteiger partial charge is 1.00 e. The van der Waals surface area contributed by atoms with E-state index in [2.05, 4.69) is 48.7 Å². The predicted molar refractivity (Wildman–Crippen MR) is 74.6 cm³/mol. The van der Waals surface area contributed by atoms with Gasteiger partial charge in [0.25, 0.3) is 0 Å². The second-order valence-corrected chi connectivity index (χ2v) is 5.42. The average Bonchev–Trinajstić information content (AvgIpc) is 2.56. The van der Waals surface area contributed by atoms with Gasteiger partial charge in [-0.25, -0.2) is 0 Å². The van der Waals surface area contributed by atoms with Crippen LogP contribution in [-0.2, 0) is 11.8 Å². The molecule has 3 nitrogen and oxygen atoms in total. The van der Waals surface area contributed by atoms with Crippen molar-refractivity contribution in [3.05, 3.63) is 29.3 Å². The Morgan fingerprint density at radius 2 is 2.00 bits per heavy atom. The summed E-state index contributed by atoms with van der Waals surface area (Å²) in [6.45, 7) is 8.37. The first kappa shape index (κ1) is 15.7. The molecule has 0 saturated heterocycles. The van der Waals surface area contributed by atoms with E-state index < -0.39 is 0 Å². The Morgan fingerprint density at radius 3 is 2.53 bits per heavy atom. The fourth-order valence-corrected chi connectivity index (χ4v) is 3.01. The minimum Gasteiger partial charge on any atom is -1.00 e. The van der Waals surface area contributed by atoms with E-state index >= 15 is 0 Å². The van der Waals surface area contributed by atoms with Gasteiger partial charge in [-0.05, 0) is 38.8 Å². The summed E-state index contributed by atoms with van der Waals surface area (Å²) >= 11 is 0. The smallest absolute Gasteiger partial charge is 0.216 e. The molecule has 0 spiro atoms. The molecule has 0 radical (unpaired) electrons. The molecule has 4 heteroatoms. The van der Waals surface area contributed by atoms with Crippen LogP contribution in [0.5, 0.6) is 0 Å². The molecule has 0 amide bonds. The summed E-state index contributed by atoms with van der Waals surface area (Å²) in [5.41, 5.74) is 5.48. The average molecular weight is 281 g/mol. The first-order chi connectivity index (χ1) is 8.43. The molecule has 0 aliphatic carbocycles. The highest BCUT2D eigenvalue weighted by molar-refractivity contribution is 6.43. The topological polar surface area (TPSA) is 35.6 Å². The van der Waals surface area contributed by atoms with Gasteiger partial charge in [0.2, 0.25) is 11.4 Å². The molecule has 1 aliphatic heterocycles. The van der Waals surface area contributed by atoms with Gasteiger partial charge in [0.1, 0.15) is 12.8 Å². The molecular formula is C15H21ClN2O. The Kier molecular flexibility index (Phi) is 4.41. The lowest BCUT2D eigenvalue weighted by Gasteiger charge is -2.17. The third kappa shape index (κ3) is 2.27. The number of benzene rings is 1. The van der Waals surface area contributed by atoms with Gasteiger partial charge in [-0.2, -0.15) is 4.58 Å². The number of oxime groups is 1. The van der Waals surface area contributed by atoms with E-state index in [-0.39, 0.29) is 17.8 Å². The third-order valence-corrected chi connectivity index (χ3v) is 3.92. The minimum absolute atomic E-state index is 0. The molecule has 0 aromatic heterocycles. The number of fused-ring (bicyclic) bond motifs is 1. The zero-order chi connectivity index (χ0) is 13.5. The van der Waals surface area contributed by atoms with Crippen LogP contribution in [-0.4, -0.2) is 28.3 Å². The SMILES string of the molecule is CCc1ccc2c(c1)C(C)(C)C(C(C)=NO)=[N+]2C.[Cl-]. The maximum atomic E-state index is 9.07. The maximum absolute atomic E-state index is 9.07. The Hall–Kier alpha value is -1.35. The molecule has 0 saturated carbocycles. The summed E-state index contributed by atoms with van der Waals surface area (Å²) in [6, 6.07) is 6.59. The Morgan fingerprint density at radius 1 is 1.37 bits per heavy atom. The predicted octanol–water partition coefficient (Wildman–Crippen LogP) is 0.109. The zero-order valence-electron chi connectivity index (χ0n) is 12.2. The van der Waals surface area contributed by atoms with E-state index in [9.17, 15) is 0 Å². The lowest BCUT2D eigenvalue weighted by molar-refractivity contribution is -0.400. The first-order valence-corrected chi connectivity index (χ1v) is 6.37. The van der Waals surface area contributed by atoms with Crippen LogP contribution in [0.15, 0.2) is 23.4 Å². The third-order valence-electron chi connectivity index (χ3n) is 3.92. The highest BCUT2D eigenvalue weighted by atomic mass is 35.5. The fraction of sp³-hybridized carbons (Fsp3) is 0.467. The van der Waals surface area contributed by atoms with Crippen molar-refractivity contribution in [1.82, 2.24) is 0 Å². The van der Waals surface area contributed by atoms with E-state index in [1.165, 1.54) is 16.8 Å². The number of nitrogens with zero attached hydrogens (tertiary/aromatic N) is 2. The molecule has 1 N–H and O–H groups in total. The monoisotopic (exact) mass is 280 g/mol. The lowest BCUT2D eigenvalue weighted by atomic mass is 9.79. The molecule has 0 unspecified atom stereocenters. The van der Waals surface area contributed by atoms with Crippen LogP contribution in [0.2, 0.25) is 0 Å². The lowest BCUT2D eigenvalue weighted by Crippen LogP contribution is -3.00. The summed E-state index contributed by atoms with van der Waals surface area (Å²) in [5.74, 6) is 0. The van der Waals surface area contributed by atoms with Crippen LogP contribution < -0.4 is 12.4 Å². The Labute approximate surface area is 121 Å². The summed E-state index contributed by atoms with van der Waals surface area (Å²) < 4.78 is 2.13. The van der Waals surface area contributed by atoms with E-state index in [0.29, 0.717) is 5.71 Å². The van der Waals surface area contributed by atoms with Gasteiger partial charge in [-0.15, -0.1) is 0 Å². The van der Waals surface area contributed by atoms with Crippen LogP contribution in [0.4, 0.5) is 5.69 Å². The quantitative estimate of drug-likeness (QED) is 0.355. The van der Waals surface area contributed by atoms with Gasteiger partial charge in [-0.1, -0.05) is 18.1 Å². The molecule has 0 bridgehead atoms. The molecular weight excluding hydrogens is 260 g/mol. The van der Waals surface area contributed by atoms with E-state index in [0.717, 1.165) is 12.1 Å². The highest BCUT2D eigenvalue weighted by Gasteiger charge is 2.45. The standard InChI is InChI=1S/C15H20N2O.ClH/c1-6-11-7-8-13-12(9-11)15(3,4)14(17(13)5)10(2)16-18;/h7-9H,6H2,1-5H3;1H. The van der Waals surface area contributed by atoms with E-state index in [1.54, 1.807) is 0 Å². The van der Waals surface area contributed by atoms with Crippen LogP contribution in [0.1, 0.15) is 38.8 Å². The van der Waals surface area contributed by atoms with Gasteiger partial charge in [0.05, 0.1) is 5.41 Å². The van der Waals surface area contributed by atoms with E-state index in [4.69, 9.17) is 5.21 Å². The molecule has 0 fully saturated rings. The van der Waals surface area contributed by atoms with Gasteiger partial charge in [-0.3, -0.25) is 0 Å². The summed E-state index contributed by atoms with van der Waals surface area (Å²) in [7, 11) is 2.03. The summed E-state index contributed by atoms with van der Waals surface area (Å²) in [5, 5.41) is 12.4. The number of hydrogen-bond donors (Lipinski definition) is 1. The number of halogens is 1. The van der Waals surface area contributed by atoms with Crippen molar-refractivity contribution in [2.75, 3.05) is 7.05 Å². The van der Waals surface area contributed by atoms with Crippen molar-refractivity contribution >= 4 is 17.1 Å². The minimum atomic E-state index is -0.119. The summed E-state index contributed by atoms with van der Waals surface area (Å²) in [6.07, 6.45) is 1.04. The molecule has 1 aromatic rings. The number of rotatable bonds is 2. The molecule has 19 heavy (non-hydrogen) atoms. The summed E-state index contributed by atoms with van der Waals surface area (Å²) in [4.78, 5) is 0. The first-order valence-electron chi connectivity index (χ1n) is 6.37. The van der Waals surface area contributed by atoms with Gasteiger partial charge in [0, 0.05) is 11.6 Å². The fourth-order valence-electron chi connectivity index (χ4n) is 3.01. The van der Waals surface area contributed by atoms with Crippen LogP contribution in [0, 0.1) is 0 Å². The maximum Gasteiger partial charge on any atom is 0.216 e. The normalized spacial score (nSPS) is 17.2. The molecule has 1 aromatic carbocycles. The van der Waals surface area contributed by atoms with E-state index in [1.807, 2.05) is 14.0 Å². The molecule has 104 valence electrons.